The van der Waals surface area contributed by atoms with Crippen molar-refractivity contribution in [3.8, 4) is 17.6 Å². The average Bonchev–Trinajstić information content (AvgIpc) is 3.40. The van der Waals surface area contributed by atoms with Crippen molar-refractivity contribution in [2.24, 2.45) is 5.92 Å². The largest absolute Gasteiger partial charge is 0.494 e. The Morgan fingerprint density at radius 1 is 1.21 bits per heavy atom. The Hall–Kier alpha value is -3.94. The van der Waals surface area contributed by atoms with E-state index in [0.717, 1.165) is 29.3 Å². The van der Waals surface area contributed by atoms with Crippen LogP contribution in [0.25, 0.3) is 11.0 Å². The highest BCUT2D eigenvalue weighted by molar-refractivity contribution is 7.90. The molecule has 0 bridgehead atoms. The predicted octanol–water partition coefficient (Wildman–Crippen LogP) is 4.18. The maximum Gasteiger partial charge on any atom is 0.406 e. The molecule has 10 nitrogen and oxygen atoms in total. The summed E-state index contributed by atoms with van der Waals surface area (Å²) in [6.45, 7) is 2.23. The molecule has 2 aliphatic rings. The van der Waals surface area contributed by atoms with Crippen LogP contribution >= 0.6 is 0 Å². The Balaban J connectivity index is 1.37. The number of imidazole rings is 1. The summed E-state index contributed by atoms with van der Waals surface area (Å²) >= 11 is 0. The number of amides is 1. The molecule has 0 radical (unpaired) electrons. The van der Waals surface area contributed by atoms with E-state index in [2.05, 4.69) is 32.4 Å². The SMILES string of the molecule is COc1cc(F)c(S(C)(=O)=O)cc1NCC#Cc1cc(C(=O)N[C@H]2CCN([C@H]3CCOC[C@H]3F)C[C@@H]2C)c2ncn(CC(F)(F)F)c2c1. The zero-order chi connectivity index (χ0) is 34.8. The van der Waals surface area contributed by atoms with Crippen LogP contribution in [0.5, 0.6) is 5.75 Å². The summed E-state index contributed by atoms with van der Waals surface area (Å²) in [4.78, 5) is 19.3. The third-order valence-corrected chi connectivity index (χ3v) is 9.66. The number of alkyl halides is 4. The van der Waals surface area contributed by atoms with Crippen molar-refractivity contribution in [1.82, 2.24) is 19.8 Å². The van der Waals surface area contributed by atoms with Crippen molar-refractivity contribution in [2.75, 3.05) is 51.5 Å². The molecule has 0 aliphatic carbocycles. The second-order valence-electron chi connectivity index (χ2n) is 12.1. The van der Waals surface area contributed by atoms with Crippen LogP contribution < -0.4 is 15.4 Å². The fourth-order valence-electron chi connectivity index (χ4n) is 6.18. The van der Waals surface area contributed by atoms with E-state index in [1.54, 1.807) is 0 Å². The van der Waals surface area contributed by atoms with Gasteiger partial charge < -0.3 is 24.7 Å². The van der Waals surface area contributed by atoms with Crippen molar-refractivity contribution in [3.05, 3.63) is 47.5 Å². The Kier molecular flexibility index (Phi) is 10.5. The molecule has 4 atom stereocenters. The van der Waals surface area contributed by atoms with Gasteiger partial charge >= 0.3 is 6.18 Å². The number of piperidine rings is 1. The lowest BCUT2D eigenvalue weighted by Crippen LogP contribution is -2.56. The van der Waals surface area contributed by atoms with Gasteiger partial charge in [-0.2, -0.15) is 13.2 Å². The van der Waals surface area contributed by atoms with Gasteiger partial charge in [0.15, 0.2) is 9.84 Å². The smallest absolute Gasteiger partial charge is 0.406 e. The molecule has 1 aromatic heterocycles. The molecule has 16 heteroatoms. The van der Waals surface area contributed by atoms with Crippen molar-refractivity contribution >= 4 is 32.5 Å². The van der Waals surface area contributed by atoms with Gasteiger partial charge in [0.2, 0.25) is 0 Å². The fraction of sp³-hybridized carbons (Fsp3) is 0.500. The summed E-state index contributed by atoms with van der Waals surface area (Å²) in [5.74, 6) is 4.14. The number of sulfone groups is 1. The number of halogens is 5. The fourth-order valence-corrected chi connectivity index (χ4v) is 6.93. The molecule has 48 heavy (non-hydrogen) atoms. The predicted molar refractivity (Wildman–Crippen MR) is 168 cm³/mol. The molecular weight excluding hydrogens is 661 g/mol. The van der Waals surface area contributed by atoms with Crippen LogP contribution in [0.15, 0.2) is 35.5 Å². The van der Waals surface area contributed by atoms with E-state index in [9.17, 15) is 35.2 Å². The monoisotopic (exact) mass is 697 g/mol. The second kappa shape index (κ2) is 14.3. The van der Waals surface area contributed by atoms with Gasteiger partial charge in [-0.05, 0) is 37.0 Å². The van der Waals surface area contributed by atoms with Gasteiger partial charge in [0.25, 0.3) is 5.91 Å². The van der Waals surface area contributed by atoms with Crippen LogP contribution in [-0.4, -0.2) is 99.4 Å². The summed E-state index contributed by atoms with van der Waals surface area (Å²) in [5.41, 5.74) is 0.583. The molecule has 0 unspecified atom stereocenters. The van der Waals surface area contributed by atoms with Crippen LogP contribution in [0, 0.1) is 23.6 Å². The molecule has 2 saturated heterocycles. The van der Waals surface area contributed by atoms with E-state index in [0.29, 0.717) is 32.5 Å². The molecule has 2 fully saturated rings. The first kappa shape index (κ1) is 35.4. The van der Waals surface area contributed by atoms with Gasteiger partial charge in [-0.15, -0.1) is 0 Å². The number of likely N-dealkylation sites (tertiary alicyclic amines) is 1. The first-order chi connectivity index (χ1) is 22.6. The number of carbonyl (C=O) groups is 1. The molecule has 1 amide bonds. The van der Waals surface area contributed by atoms with Crippen molar-refractivity contribution in [2.45, 2.75) is 55.6 Å². The van der Waals surface area contributed by atoms with Gasteiger partial charge in [0.05, 0.1) is 43.4 Å². The van der Waals surface area contributed by atoms with Gasteiger partial charge in [0, 0.05) is 49.7 Å². The van der Waals surface area contributed by atoms with E-state index in [1.807, 2.05) is 6.92 Å². The third-order valence-electron chi connectivity index (χ3n) is 8.55. The van der Waals surface area contributed by atoms with Crippen LogP contribution in [0.1, 0.15) is 35.7 Å². The van der Waals surface area contributed by atoms with Gasteiger partial charge in [-0.1, -0.05) is 18.8 Å². The molecule has 2 aliphatic heterocycles. The molecule has 5 rings (SSSR count). The van der Waals surface area contributed by atoms with E-state index in [4.69, 9.17) is 9.47 Å². The number of fused-ring (bicyclic) bond motifs is 1. The highest BCUT2D eigenvalue weighted by Crippen LogP contribution is 2.31. The van der Waals surface area contributed by atoms with E-state index in [1.165, 1.54) is 19.2 Å². The topological polar surface area (TPSA) is 115 Å². The number of aromatic nitrogens is 2. The number of anilines is 1. The van der Waals surface area contributed by atoms with E-state index in [-0.39, 0.29) is 64.8 Å². The summed E-state index contributed by atoms with van der Waals surface area (Å²) in [7, 11) is -2.59. The van der Waals surface area contributed by atoms with Gasteiger partial charge in [-0.3, -0.25) is 9.69 Å². The zero-order valence-electron chi connectivity index (χ0n) is 26.5. The number of hydrogen-bond acceptors (Lipinski definition) is 8. The number of carbonyl (C=O) groups excluding carboxylic acids is 1. The lowest BCUT2D eigenvalue weighted by atomic mass is 9.90. The zero-order valence-corrected chi connectivity index (χ0v) is 27.4. The van der Waals surface area contributed by atoms with Crippen LogP contribution in [-0.2, 0) is 21.1 Å². The Morgan fingerprint density at radius 3 is 2.65 bits per heavy atom. The quantitative estimate of drug-likeness (QED) is 0.267. The summed E-state index contributed by atoms with van der Waals surface area (Å²) in [5, 5.41) is 5.88. The Morgan fingerprint density at radius 2 is 1.98 bits per heavy atom. The molecule has 3 aromatic rings. The summed E-state index contributed by atoms with van der Waals surface area (Å²) < 4.78 is 104. The van der Waals surface area contributed by atoms with Crippen LogP contribution in [0.4, 0.5) is 27.6 Å². The second-order valence-corrected chi connectivity index (χ2v) is 14.1. The van der Waals surface area contributed by atoms with Crippen molar-refractivity contribution < 1.29 is 44.6 Å². The maximum atomic E-state index is 14.5. The number of hydrogen-bond donors (Lipinski definition) is 2. The standard InChI is InChI=1S/C32H36F5N5O5S/c1-19-15-41(26-7-10-47-16-23(26)34)9-6-24(19)40-31(43)21-11-20(12-27-30(21)39-18-42(27)17-32(35,36)37)5-4-8-38-25-14-29(48(3,44)45)22(33)13-28(25)46-2/h11-14,18-19,23-24,26,38H,6-10,15-17H2,1-3H3,(H,40,43)/t19-,23+,24-,26-/m0/s1. The van der Waals surface area contributed by atoms with Gasteiger partial charge in [0.1, 0.15) is 34.7 Å². The molecular formula is C32H36F5N5O5S. The normalized spacial score (nSPS) is 22.2. The van der Waals surface area contributed by atoms with Crippen molar-refractivity contribution in [3.63, 3.8) is 0 Å². The first-order valence-electron chi connectivity index (χ1n) is 15.3. The van der Waals surface area contributed by atoms with Gasteiger partial charge in [-0.25, -0.2) is 22.2 Å². The number of benzene rings is 2. The molecule has 2 aromatic carbocycles. The molecule has 260 valence electrons. The van der Waals surface area contributed by atoms with Crippen LogP contribution in [0.3, 0.4) is 0 Å². The lowest BCUT2D eigenvalue weighted by Gasteiger charge is -2.43. The third kappa shape index (κ3) is 8.19. The number of nitrogens with zero attached hydrogens (tertiary/aromatic N) is 3. The van der Waals surface area contributed by atoms with E-state index >= 15 is 0 Å². The Labute approximate surface area is 274 Å². The molecule has 0 spiro atoms. The van der Waals surface area contributed by atoms with Crippen molar-refractivity contribution in [1.29, 1.82) is 0 Å². The van der Waals surface area contributed by atoms with E-state index < -0.39 is 45.3 Å². The summed E-state index contributed by atoms with van der Waals surface area (Å²) in [6.07, 6.45) is -2.59. The minimum absolute atomic E-state index is 0.0308. The minimum atomic E-state index is -4.55. The number of nitrogens with one attached hydrogen (secondary N) is 2. The first-order valence-corrected chi connectivity index (χ1v) is 17.2. The highest BCUT2D eigenvalue weighted by Gasteiger charge is 2.36. The maximum absolute atomic E-state index is 14.5. The minimum Gasteiger partial charge on any atom is -0.494 e. The number of methoxy groups -OCH3 is 1. The van der Waals surface area contributed by atoms with Crippen LogP contribution in [0.2, 0.25) is 0 Å². The molecule has 0 saturated carbocycles. The Bertz CT molecular complexity index is 1840. The lowest BCUT2D eigenvalue weighted by molar-refractivity contribution is -0.139. The number of rotatable bonds is 8. The molecule has 3 heterocycles. The highest BCUT2D eigenvalue weighted by atomic mass is 32.2. The number of ether oxygens (including phenoxy) is 2. The average molecular weight is 698 g/mol. The molecule has 2 N–H and O–H groups in total. The summed E-state index contributed by atoms with van der Waals surface area (Å²) in [6, 6.07) is 4.36.